The fourth-order valence-corrected chi connectivity index (χ4v) is 1.74. The summed E-state index contributed by atoms with van der Waals surface area (Å²) in [5.74, 6) is -1.62. The quantitative estimate of drug-likeness (QED) is 0.259. The van der Waals surface area contributed by atoms with Gasteiger partial charge in [0.2, 0.25) is 0 Å². The number of hydrogen-bond acceptors (Lipinski definition) is 6. The zero-order valence-corrected chi connectivity index (χ0v) is 17.4. The number of nitrogens with one attached hydrogen (secondary N) is 2. The molecule has 0 bridgehead atoms. The second-order valence-electron chi connectivity index (χ2n) is 6.12. The number of methoxy groups -OCH3 is 1. The van der Waals surface area contributed by atoms with Gasteiger partial charge in [0.25, 0.3) is 0 Å². The first-order valence-corrected chi connectivity index (χ1v) is 8.25. The Bertz CT molecular complexity index is 716. The number of ether oxygens (including phenoxy) is 1. The largest absolute Gasteiger partial charge is 0.404 e. The summed E-state index contributed by atoms with van der Waals surface area (Å²) in [6.45, 7) is 6.02. The molecule has 0 saturated heterocycles. The molecule has 10 heteroatoms. The Balaban J connectivity index is 0. The third kappa shape index (κ3) is 13.5. The van der Waals surface area contributed by atoms with Gasteiger partial charge < -0.3 is 26.9 Å². The van der Waals surface area contributed by atoms with Crippen molar-refractivity contribution in [2.24, 2.45) is 16.5 Å². The molecule has 0 aromatic heterocycles. The normalized spacial score (nSPS) is 11.2. The van der Waals surface area contributed by atoms with Gasteiger partial charge in [-0.2, -0.15) is 0 Å². The van der Waals surface area contributed by atoms with Gasteiger partial charge in [-0.3, -0.25) is 4.79 Å². The maximum Gasteiger partial charge on any atom is 0.164 e. The third-order valence-electron chi connectivity index (χ3n) is 2.39. The molecule has 28 heavy (non-hydrogen) atoms. The molecule has 0 unspecified atom stereocenters. The van der Waals surface area contributed by atoms with Gasteiger partial charge in [0.1, 0.15) is 5.82 Å². The van der Waals surface area contributed by atoms with E-state index in [4.69, 9.17) is 16.9 Å². The number of thiocarbonyl (C=S) groups is 1. The van der Waals surface area contributed by atoms with Crippen molar-refractivity contribution < 1.29 is 18.3 Å². The van der Waals surface area contributed by atoms with Crippen molar-refractivity contribution in [2.75, 3.05) is 14.2 Å². The highest BCUT2D eigenvalue weighted by atomic mass is 32.1. The summed E-state index contributed by atoms with van der Waals surface area (Å²) >= 11 is 4.61. The number of aldehydes is 1. The van der Waals surface area contributed by atoms with Crippen LogP contribution < -0.4 is 16.8 Å². The van der Waals surface area contributed by atoms with Gasteiger partial charge in [0.05, 0.1) is 17.0 Å². The van der Waals surface area contributed by atoms with Crippen LogP contribution in [0.4, 0.5) is 14.5 Å². The monoisotopic (exact) mass is 415 g/mol. The maximum absolute atomic E-state index is 13.3. The Labute approximate surface area is 169 Å². The van der Waals surface area contributed by atoms with Crippen LogP contribution in [-0.2, 0) is 9.53 Å². The van der Waals surface area contributed by atoms with E-state index >= 15 is 0 Å². The molecule has 7 nitrogen and oxygen atoms in total. The highest BCUT2D eigenvalue weighted by Crippen LogP contribution is 2.19. The molecule has 0 amide bonds. The number of benzene rings is 1. The molecule has 156 valence electrons. The molecule has 6 N–H and O–H groups in total. The summed E-state index contributed by atoms with van der Waals surface area (Å²) in [5, 5.41) is 10.3. The molecule has 0 spiro atoms. The summed E-state index contributed by atoms with van der Waals surface area (Å²) in [7, 11) is 3.25. The predicted octanol–water partition coefficient (Wildman–Crippen LogP) is 2.61. The minimum atomic E-state index is -0.883. The third-order valence-corrected chi connectivity index (χ3v) is 2.49. The van der Waals surface area contributed by atoms with Crippen molar-refractivity contribution in [3.05, 3.63) is 41.6 Å². The van der Waals surface area contributed by atoms with Gasteiger partial charge in [-0.25, -0.2) is 13.8 Å². The molecule has 0 radical (unpaired) electrons. The number of aliphatic imine (C=N–C) groups is 1. The van der Waals surface area contributed by atoms with Gasteiger partial charge in [-0.15, -0.1) is 0 Å². The number of allylic oxidation sites excluding steroid dienone is 1. The van der Waals surface area contributed by atoms with Crippen LogP contribution in [0.5, 0.6) is 0 Å². The first-order valence-electron chi connectivity index (χ1n) is 7.85. The summed E-state index contributed by atoms with van der Waals surface area (Å²) < 4.78 is 30.1. The summed E-state index contributed by atoms with van der Waals surface area (Å²) in [5.41, 5.74) is 10.0. The number of carbonyl (C=O) groups excluding carboxylic acids is 1. The predicted molar refractivity (Wildman–Crippen MR) is 113 cm³/mol. The second kappa shape index (κ2) is 14.4. The Morgan fingerprint density at radius 2 is 1.86 bits per heavy atom. The maximum atomic E-state index is 13.3. The van der Waals surface area contributed by atoms with Crippen LogP contribution in [0, 0.1) is 17.0 Å². The van der Waals surface area contributed by atoms with Gasteiger partial charge >= 0.3 is 0 Å². The SMILES string of the molecule is CC(C)(C)NC(N)=S.COC.N=CC(=Nc1ccc(F)cc1F)/C(C=O)=C\N. The average molecular weight is 416 g/mol. The van der Waals surface area contributed by atoms with Crippen LogP contribution in [0.3, 0.4) is 0 Å². The highest BCUT2D eigenvalue weighted by molar-refractivity contribution is 7.80. The van der Waals surface area contributed by atoms with E-state index in [0.29, 0.717) is 17.5 Å². The van der Waals surface area contributed by atoms with E-state index in [1.54, 1.807) is 14.2 Å². The van der Waals surface area contributed by atoms with Crippen molar-refractivity contribution in [3.8, 4) is 0 Å². The molecule has 1 aromatic rings. The lowest BCUT2D eigenvalue weighted by Crippen LogP contribution is -2.43. The smallest absolute Gasteiger partial charge is 0.164 e. The molecule has 0 heterocycles. The number of rotatable bonds is 4. The minimum absolute atomic E-state index is 0.00579. The van der Waals surface area contributed by atoms with E-state index in [1.165, 1.54) is 0 Å². The lowest BCUT2D eigenvalue weighted by atomic mass is 10.1. The van der Waals surface area contributed by atoms with Crippen molar-refractivity contribution in [3.63, 3.8) is 0 Å². The molecule has 0 atom stereocenters. The molecule has 0 aliphatic rings. The molecule has 0 saturated carbocycles. The lowest BCUT2D eigenvalue weighted by Gasteiger charge is -2.19. The van der Waals surface area contributed by atoms with Gasteiger partial charge in [0, 0.05) is 38.2 Å². The number of halogens is 2. The molecule has 0 fully saturated rings. The summed E-state index contributed by atoms with van der Waals surface area (Å²) in [4.78, 5) is 14.3. The molecule has 1 rings (SSSR count). The van der Waals surface area contributed by atoms with Gasteiger partial charge in [-0.05, 0) is 45.1 Å². The van der Waals surface area contributed by atoms with Crippen LogP contribution in [-0.4, -0.2) is 43.1 Å². The van der Waals surface area contributed by atoms with Crippen molar-refractivity contribution in [1.29, 1.82) is 5.41 Å². The van der Waals surface area contributed by atoms with E-state index in [-0.39, 0.29) is 22.5 Å². The summed E-state index contributed by atoms with van der Waals surface area (Å²) in [6, 6.07) is 2.79. The Morgan fingerprint density at radius 3 is 2.14 bits per heavy atom. The Kier molecular flexibility index (Phi) is 14.1. The lowest BCUT2D eigenvalue weighted by molar-refractivity contribution is -0.104. The average Bonchev–Trinajstić information content (AvgIpc) is 2.56. The highest BCUT2D eigenvalue weighted by Gasteiger charge is 2.08. The second-order valence-corrected chi connectivity index (χ2v) is 6.56. The van der Waals surface area contributed by atoms with Crippen LogP contribution in [0.15, 0.2) is 35.0 Å². The molecule has 0 aliphatic carbocycles. The fourth-order valence-electron chi connectivity index (χ4n) is 1.44. The van der Waals surface area contributed by atoms with E-state index < -0.39 is 11.6 Å². The zero-order valence-electron chi connectivity index (χ0n) is 16.5. The molecular weight excluding hydrogens is 388 g/mol. The van der Waals surface area contributed by atoms with Crippen LogP contribution in [0.25, 0.3) is 0 Å². The first-order chi connectivity index (χ1) is 12.9. The number of hydrogen-bond donors (Lipinski definition) is 4. The fraction of sp³-hybridized carbons (Fsp3) is 0.333. The Hall–Kier alpha value is -2.72. The van der Waals surface area contributed by atoms with E-state index in [9.17, 15) is 13.6 Å². The molecule has 0 aliphatic heterocycles. The van der Waals surface area contributed by atoms with Crippen LogP contribution >= 0.6 is 12.2 Å². The first kappa shape index (κ1) is 27.5. The van der Waals surface area contributed by atoms with Gasteiger partial charge in [0.15, 0.2) is 17.2 Å². The number of nitrogens with two attached hydrogens (primary N) is 2. The zero-order chi connectivity index (χ0) is 22.3. The summed E-state index contributed by atoms with van der Waals surface area (Å²) in [6.07, 6.45) is 2.11. The minimum Gasteiger partial charge on any atom is -0.404 e. The van der Waals surface area contributed by atoms with Crippen molar-refractivity contribution in [2.45, 2.75) is 26.3 Å². The topological polar surface area (TPSA) is 127 Å². The number of nitrogens with zero attached hydrogens (tertiary/aromatic N) is 1. The molecule has 1 aromatic carbocycles. The Morgan fingerprint density at radius 1 is 1.32 bits per heavy atom. The molecular formula is C18H27F2N5O2S. The van der Waals surface area contributed by atoms with Crippen LogP contribution in [0.1, 0.15) is 20.8 Å². The van der Waals surface area contributed by atoms with E-state index in [1.807, 2.05) is 20.8 Å². The van der Waals surface area contributed by atoms with Crippen molar-refractivity contribution in [1.82, 2.24) is 5.32 Å². The van der Waals surface area contributed by atoms with Crippen LogP contribution in [0.2, 0.25) is 0 Å². The van der Waals surface area contributed by atoms with Crippen molar-refractivity contribution >= 4 is 41.2 Å². The van der Waals surface area contributed by atoms with Gasteiger partial charge in [-0.1, -0.05) is 0 Å². The number of carbonyl (C=O) groups is 1. The standard InChI is InChI=1S/C11H9F2N3O.C5H12N2S.C2H6O/c12-8-1-2-10(9(13)3-8)16-11(5-15)7(4-14)6-17;1-5(2,3)7-4(6)8;1-3-2/h1-6,15H,14H2;1-3H3,(H3,6,7,8);1-2H3/b7-4-,15-5?,16-11?;;. The van der Waals surface area contributed by atoms with E-state index in [0.717, 1.165) is 24.5 Å². The van der Waals surface area contributed by atoms with E-state index in [2.05, 4.69) is 27.3 Å².